The lowest BCUT2D eigenvalue weighted by molar-refractivity contribution is 0.254. The first kappa shape index (κ1) is 15.7. The molecule has 0 aliphatic carbocycles. The van der Waals surface area contributed by atoms with Crippen LogP contribution in [0.25, 0.3) is 0 Å². The number of benzene rings is 1. The molecule has 0 heterocycles. The van der Waals surface area contributed by atoms with E-state index < -0.39 is 0 Å². The molecule has 1 aromatic rings. The second-order valence-corrected chi connectivity index (χ2v) is 4.51. The summed E-state index contributed by atoms with van der Waals surface area (Å²) in [5, 5.41) is 0.797. The normalized spacial score (nSPS) is 12.4. The van der Waals surface area contributed by atoms with E-state index in [9.17, 15) is 0 Å². The van der Waals surface area contributed by atoms with Gasteiger partial charge in [0, 0.05) is 24.2 Å². The Morgan fingerprint density at radius 2 is 2.06 bits per heavy atom. The van der Waals surface area contributed by atoms with Gasteiger partial charge < -0.3 is 5.73 Å². The third-order valence-corrected chi connectivity index (χ3v) is 3.05. The number of nitrogens with zero attached hydrogens (tertiary/aromatic N) is 1. The van der Waals surface area contributed by atoms with Crippen molar-refractivity contribution < 1.29 is 0 Å². The molecule has 0 amide bonds. The lowest BCUT2D eigenvalue weighted by atomic mass is 10.1. The van der Waals surface area contributed by atoms with Crippen LogP contribution in [0.5, 0.6) is 0 Å². The zero-order valence-corrected chi connectivity index (χ0v) is 11.6. The molecule has 4 heteroatoms. The summed E-state index contributed by atoms with van der Waals surface area (Å²) in [7, 11) is 2.09. The Hall–Kier alpha value is -0.280. The summed E-state index contributed by atoms with van der Waals surface area (Å²) in [5.74, 6) is 0. The van der Waals surface area contributed by atoms with Crippen molar-refractivity contribution in [3.05, 3.63) is 34.3 Å². The molecule has 0 aliphatic heterocycles. The number of halogens is 2. The molecule has 92 valence electrons. The van der Waals surface area contributed by atoms with Crippen molar-refractivity contribution in [3.8, 4) is 0 Å². The Labute approximate surface area is 109 Å². The van der Waals surface area contributed by atoms with Crippen LogP contribution in [0.15, 0.2) is 18.2 Å². The van der Waals surface area contributed by atoms with Crippen molar-refractivity contribution in [2.75, 3.05) is 13.6 Å². The quantitative estimate of drug-likeness (QED) is 0.905. The lowest BCUT2D eigenvalue weighted by Crippen LogP contribution is -2.34. The van der Waals surface area contributed by atoms with Crippen molar-refractivity contribution >= 4 is 24.0 Å². The maximum atomic E-state index is 5.91. The number of hydrogen-bond donors (Lipinski definition) is 1. The fraction of sp³-hybridized carbons (Fsp3) is 0.500. The molecule has 1 atom stereocenters. The van der Waals surface area contributed by atoms with Gasteiger partial charge in [0.2, 0.25) is 0 Å². The van der Waals surface area contributed by atoms with Crippen LogP contribution in [-0.2, 0) is 6.54 Å². The van der Waals surface area contributed by atoms with E-state index in [1.165, 1.54) is 11.1 Å². The molecular formula is C12H20Cl2N2. The molecule has 0 spiro atoms. The first-order valence-corrected chi connectivity index (χ1v) is 5.57. The van der Waals surface area contributed by atoms with Crippen molar-refractivity contribution in [2.24, 2.45) is 5.73 Å². The van der Waals surface area contributed by atoms with Gasteiger partial charge in [0.1, 0.15) is 0 Å². The van der Waals surface area contributed by atoms with Gasteiger partial charge in [-0.2, -0.15) is 0 Å². The van der Waals surface area contributed by atoms with Crippen molar-refractivity contribution in [3.63, 3.8) is 0 Å². The summed E-state index contributed by atoms with van der Waals surface area (Å²) in [6.07, 6.45) is 0. The Balaban J connectivity index is 0.00000225. The number of likely N-dealkylation sites (N-methyl/N-ethyl adjacent to an activating group) is 1. The minimum absolute atomic E-state index is 0. The molecule has 0 saturated heterocycles. The molecule has 0 saturated carbocycles. The average molecular weight is 263 g/mol. The summed E-state index contributed by atoms with van der Waals surface area (Å²) < 4.78 is 0. The largest absolute Gasteiger partial charge is 0.329 e. The molecule has 16 heavy (non-hydrogen) atoms. The van der Waals surface area contributed by atoms with Gasteiger partial charge in [-0.3, -0.25) is 4.90 Å². The van der Waals surface area contributed by atoms with Crippen LogP contribution in [-0.4, -0.2) is 24.5 Å². The van der Waals surface area contributed by atoms with Gasteiger partial charge in [0.05, 0.1) is 0 Å². The van der Waals surface area contributed by atoms with E-state index in [1.807, 2.05) is 12.1 Å². The summed E-state index contributed by atoms with van der Waals surface area (Å²) >= 11 is 5.91. The van der Waals surface area contributed by atoms with Crippen LogP contribution in [0.3, 0.4) is 0 Å². The van der Waals surface area contributed by atoms with Crippen LogP contribution in [0.2, 0.25) is 5.02 Å². The monoisotopic (exact) mass is 262 g/mol. The highest BCUT2D eigenvalue weighted by atomic mass is 35.5. The number of hydrogen-bond acceptors (Lipinski definition) is 2. The Morgan fingerprint density at radius 1 is 1.44 bits per heavy atom. The van der Waals surface area contributed by atoms with Crippen LogP contribution >= 0.6 is 24.0 Å². The summed E-state index contributed by atoms with van der Waals surface area (Å²) in [6, 6.07) is 6.42. The second kappa shape index (κ2) is 7.13. The summed E-state index contributed by atoms with van der Waals surface area (Å²) in [5.41, 5.74) is 8.17. The van der Waals surface area contributed by atoms with Crippen molar-refractivity contribution in [1.82, 2.24) is 4.90 Å². The molecule has 1 unspecified atom stereocenters. The van der Waals surface area contributed by atoms with Crippen molar-refractivity contribution in [1.29, 1.82) is 0 Å². The fourth-order valence-electron chi connectivity index (χ4n) is 1.44. The first-order chi connectivity index (χ1) is 7.04. The van der Waals surface area contributed by atoms with Crippen LogP contribution < -0.4 is 5.73 Å². The van der Waals surface area contributed by atoms with Gasteiger partial charge in [0.15, 0.2) is 0 Å². The fourth-order valence-corrected chi connectivity index (χ4v) is 1.67. The third-order valence-electron chi connectivity index (χ3n) is 2.82. The van der Waals surface area contributed by atoms with Crippen molar-refractivity contribution in [2.45, 2.75) is 26.4 Å². The zero-order valence-electron chi connectivity index (χ0n) is 10.0. The Bertz CT molecular complexity index is 329. The van der Waals surface area contributed by atoms with Gasteiger partial charge in [-0.15, -0.1) is 12.4 Å². The lowest BCUT2D eigenvalue weighted by Gasteiger charge is -2.24. The second-order valence-electron chi connectivity index (χ2n) is 4.07. The molecule has 1 aromatic carbocycles. The van der Waals surface area contributed by atoms with Crippen LogP contribution in [0.1, 0.15) is 18.1 Å². The van der Waals surface area contributed by atoms with Gasteiger partial charge in [-0.05, 0) is 44.2 Å². The summed E-state index contributed by atoms with van der Waals surface area (Å²) in [6.45, 7) is 5.82. The topological polar surface area (TPSA) is 29.3 Å². The SMILES string of the molecule is Cc1cc(Cl)ccc1CN(C)C(C)CN.Cl. The first-order valence-electron chi connectivity index (χ1n) is 5.20. The predicted octanol–water partition coefficient (Wildman–Crippen LogP) is 2.85. The van der Waals surface area contributed by atoms with Crippen LogP contribution in [0.4, 0.5) is 0 Å². The van der Waals surface area contributed by atoms with E-state index >= 15 is 0 Å². The van der Waals surface area contributed by atoms with E-state index in [-0.39, 0.29) is 12.4 Å². The maximum Gasteiger partial charge on any atom is 0.0408 e. The molecule has 0 fully saturated rings. The number of rotatable bonds is 4. The molecular weight excluding hydrogens is 243 g/mol. The van der Waals surface area contributed by atoms with Crippen LogP contribution in [0, 0.1) is 6.92 Å². The standard InChI is InChI=1S/C12H19ClN2.ClH/c1-9-6-12(13)5-4-11(9)8-15(3)10(2)7-14;/h4-6,10H,7-8,14H2,1-3H3;1H. The molecule has 2 N–H and O–H groups in total. The van der Waals surface area contributed by atoms with E-state index in [4.69, 9.17) is 17.3 Å². The highest BCUT2D eigenvalue weighted by molar-refractivity contribution is 6.30. The zero-order chi connectivity index (χ0) is 11.4. The van der Waals surface area contributed by atoms with Gasteiger partial charge >= 0.3 is 0 Å². The van der Waals surface area contributed by atoms with E-state index in [0.29, 0.717) is 12.6 Å². The molecule has 0 aromatic heterocycles. The number of aryl methyl sites for hydroxylation is 1. The van der Waals surface area contributed by atoms with Gasteiger partial charge in [-0.1, -0.05) is 17.7 Å². The Morgan fingerprint density at radius 3 is 2.56 bits per heavy atom. The molecule has 0 radical (unpaired) electrons. The van der Waals surface area contributed by atoms with Gasteiger partial charge in [0.25, 0.3) is 0 Å². The number of nitrogens with two attached hydrogens (primary N) is 1. The highest BCUT2D eigenvalue weighted by Crippen LogP contribution is 2.16. The minimum Gasteiger partial charge on any atom is -0.329 e. The Kier molecular flexibility index (Phi) is 7.00. The molecule has 0 bridgehead atoms. The van der Waals surface area contributed by atoms with E-state index in [1.54, 1.807) is 0 Å². The molecule has 1 rings (SSSR count). The molecule has 2 nitrogen and oxygen atoms in total. The van der Waals surface area contributed by atoms with E-state index in [2.05, 4.69) is 31.9 Å². The predicted molar refractivity (Wildman–Crippen MR) is 73.4 cm³/mol. The smallest absolute Gasteiger partial charge is 0.0408 e. The average Bonchev–Trinajstić information content (AvgIpc) is 2.20. The molecule has 0 aliphatic rings. The maximum absolute atomic E-state index is 5.91. The van der Waals surface area contributed by atoms with Gasteiger partial charge in [-0.25, -0.2) is 0 Å². The summed E-state index contributed by atoms with van der Waals surface area (Å²) in [4.78, 5) is 2.25. The minimum atomic E-state index is 0. The van der Waals surface area contributed by atoms with E-state index in [0.717, 1.165) is 11.6 Å². The highest BCUT2D eigenvalue weighted by Gasteiger charge is 2.08. The third kappa shape index (κ3) is 4.30.